The molecule has 0 aromatic heterocycles. The first-order valence-electron chi connectivity index (χ1n) is 3.57. The van der Waals surface area contributed by atoms with Gasteiger partial charge in [-0.05, 0) is 35.0 Å². The molecule has 12 heavy (non-hydrogen) atoms. The van der Waals surface area contributed by atoms with Crippen molar-refractivity contribution in [2.24, 2.45) is 0 Å². The third-order valence-electron chi connectivity index (χ3n) is 1.74. The highest BCUT2D eigenvalue weighted by Crippen LogP contribution is 2.33. The monoisotopic (exact) mass is 230 g/mol. The first-order chi connectivity index (χ1) is 5.70. The Bertz CT molecular complexity index is 255. The third-order valence-corrected chi connectivity index (χ3v) is 2.73. The van der Waals surface area contributed by atoms with Crippen LogP contribution in [0.4, 0.5) is 0 Å². The second-order valence-corrected chi connectivity index (χ2v) is 3.20. The van der Waals surface area contributed by atoms with Crippen molar-refractivity contribution in [1.82, 2.24) is 0 Å². The van der Waals surface area contributed by atoms with Gasteiger partial charge in [0.2, 0.25) is 0 Å². The highest BCUT2D eigenvalue weighted by atomic mass is 79.9. The zero-order chi connectivity index (χ0) is 9.14. The highest BCUT2D eigenvalue weighted by molar-refractivity contribution is 9.10. The molecule has 0 bridgehead atoms. The molecular formula is C9H11BrO2. The van der Waals surface area contributed by atoms with Crippen LogP contribution in [0.2, 0.25) is 0 Å². The van der Waals surface area contributed by atoms with Gasteiger partial charge < -0.3 is 9.47 Å². The summed E-state index contributed by atoms with van der Waals surface area (Å²) in [5, 5.41) is 0. The molecule has 0 unspecified atom stereocenters. The summed E-state index contributed by atoms with van der Waals surface area (Å²) >= 11 is 3.43. The summed E-state index contributed by atoms with van der Waals surface area (Å²) in [4.78, 5) is 0. The maximum Gasteiger partial charge on any atom is 0.133 e. The van der Waals surface area contributed by atoms with E-state index in [2.05, 4.69) is 15.9 Å². The fourth-order valence-corrected chi connectivity index (χ4v) is 1.51. The Morgan fingerprint density at radius 2 is 1.58 bits per heavy atom. The van der Waals surface area contributed by atoms with Crippen molar-refractivity contribution < 1.29 is 9.47 Å². The predicted octanol–water partition coefficient (Wildman–Crippen LogP) is 2.77. The molecule has 0 saturated heterocycles. The molecule has 0 aliphatic rings. The number of ether oxygens (including phenoxy) is 2. The van der Waals surface area contributed by atoms with Crippen LogP contribution in [0.5, 0.6) is 11.5 Å². The SMILES string of the molecule is COc1ccc(OC)c(Br)c1C. The summed E-state index contributed by atoms with van der Waals surface area (Å²) in [6, 6.07) is 3.76. The van der Waals surface area contributed by atoms with Gasteiger partial charge in [0, 0.05) is 5.56 Å². The van der Waals surface area contributed by atoms with Crippen LogP contribution in [0, 0.1) is 6.92 Å². The van der Waals surface area contributed by atoms with Gasteiger partial charge in [0.15, 0.2) is 0 Å². The molecule has 0 heterocycles. The number of halogens is 1. The van der Waals surface area contributed by atoms with Crippen LogP contribution in [-0.2, 0) is 0 Å². The second kappa shape index (κ2) is 3.81. The van der Waals surface area contributed by atoms with E-state index in [1.54, 1.807) is 14.2 Å². The standard InChI is InChI=1S/C9H11BrO2/c1-6-7(11-2)4-5-8(12-3)9(6)10/h4-5H,1-3H3. The molecule has 1 aromatic carbocycles. The number of methoxy groups -OCH3 is 2. The minimum Gasteiger partial charge on any atom is -0.496 e. The first kappa shape index (κ1) is 9.39. The van der Waals surface area contributed by atoms with Gasteiger partial charge in [0.1, 0.15) is 11.5 Å². The number of hydrogen-bond acceptors (Lipinski definition) is 2. The Morgan fingerprint density at radius 1 is 1.08 bits per heavy atom. The lowest BCUT2D eigenvalue weighted by Gasteiger charge is -2.09. The van der Waals surface area contributed by atoms with Gasteiger partial charge in [-0.25, -0.2) is 0 Å². The molecule has 0 aliphatic carbocycles. The van der Waals surface area contributed by atoms with Gasteiger partial charge in [-0.3, -0.25) is 0 Å². The molecule has 0 spiro atoms. The van der Waals surface area contributed by atoms with Gasteiger partial charge in [-0.2, -0.15) is 0 Å². The van der Waals surface area contributed by atoms with E-state index >= 15 is 0 Å². The molecule has 1 aromatic rings. The van der Waals surface area contributed by atoms with Crippen molar-refractivity contribution in [1.29, 1.82) is 0 Å². The molecular weight excluding hydrogens is 220 g/mol. The first-order valence-corrected chi connectivity index (χ1v) is 4.37. The van der Waals surface area contributed by atoms with Crippen molar-refractivity contribution in [3.05, 3.63) is 22.2 Å². The lowest BCUT2D eigenvalue weighted by molar-refractivity contribution is 0.398. The van der Waals surface area contributed by atoms with Gasteiger partial charge in [0.25, 0.3) is 0 Å². The van der Waals surface area contributed by atoms with E-state index in [9.17, 15) is 0 Å². The molecule has 2 nitrogen and oxygen atoms in total. The lowest BCUT2D eigenvalue weighted by atomic mass is 10.2. The Labute approximate surface area is 80.6 Å². The highest BCUT2D eigenvalue weighted by Gasteiger charge is 2.07. The predicted molar refractivity (Wildman–Crippen MR) is 52.0 cm³/mol. The molecule has 0 saturated carbocycles. The van der Waals surface area contributed by atoms with E-state index in [-0.39, 0.29) is 0 Å². The average molecular weight is 231 g/mol. The van der Waals surface area contributed by atoms with Crippen LogP contribution in [0.3, 0.4) is 0 Å². The minimum absolute atomic E-state index is 0.827. The summed E-state index contributed by atoms with van der Waals surface area (Å²) in [5.74, 6) is 1.69. The lowest BCUT2D eigenvalue weighted by Crippen LogP contribution is -1.91. The van der Waals surface area contributed by atoms with Gasteiger partial charge >= 0.3 is 0 Å². The molecule has 0 amide bonds. The van der Waals surface area contributed by atoms with Crippen LogP contribution >= 0.6 is 15.9 Å². The molecule has 0 fully saturated rings. The van der Waals surface area contributed by atoms with Crippen molar-refractivity contribution in [3.8, 4) is 11.5 Å². The van der Waals surface area contributed by atoms with E-state index in [0.717, 1.165) is 21.5 Å². The van der Waals surface area contributed by atoms with Crippen LogP contribution in [0.15, 0.2) is 16.6 Å². The largest absolute Gasteiger partial charge is 0.496 e. The summed E-state index contributed by atoms with van der Waals surface area (Å²) in [6.45, 7) is 1.98. The molecule has 1 rings (SSSR count). The fourth-order valence-electron chi connectivity index (χ4n) is 1.02. The maximum atomic E-state index is 5.14. The second-order valence-electron chi connectivity index (χ2n) is 2.41. The minimum atomic E-state index is 0.827. The Morgan fingerprint density at radius 3 is 2.08 bits per heavy atom. The van der Waals surface area contributed by atoms with Crippen molar-refractivity contribution in [3.63, 3.8) is 0 Å². The zero-order valence-corrected chi connectivity index (χ0v) is 8.94. The van der Waals surface area contributed by atoms with Crippen LogP contribution in [0.1, 0.15) is 5.56 Å². The smallest absolute Gasteiger partial charge is 0.133 e. The number of benzene rings is 1. The number of hydrogen-bond donors (Lipinski definition) is 0. The van der Waals surface area contributed by atoms with Gasteiger partial charge in [-0.1, -0.05) is 0 Å². The average Bonchev–Trinajstić information content (AvgIpc) is 2.10. The van der Waals surface area contributed by atoms with Crippen LogP contribution in [-0.4, -0.2) is 14.2 Å². The van der Waals surface area contributed by atoms with Crippen molar-refractivity contribution in [2.75, 3.05) is 14.2 Å². The van der Waals surface area contributed by atoms with Crippen LogP contribution < -0.4 is 9.47 Å². The van der Waals surface area contributed by atoms with Gasteiger partial charge in [-0.15, -0.1) is 0 Å². The Balaban J connectivity index is 3.20. The fraction of sp³-hybridized carbons (Fsp3) is 0.333. The molecule has 0 aliphatic heterocycles. The normalized spacial score (nSPS) is 9.67. The Hall–Kier alpha value is -0.700. The molecule has 0 radical (unpaired) electrons. The molecule has 3 heteroatoms. The summed E-state index contributed by atoms with van der Waals surface area (Å²) in [7, 11) is 3.30. The quantitative estimate of drug-likeness (QED) is 0.779. The summed E-state index contributed by atoms with van der Waals surface area (Å²) < 4.78 is 11.2. The van der Waals surface area contributed by atoms with Crippen molar-refractivity contribution in [2.45, 2.75) is 6.92 Å². The van der Waals surface area contributed by atoms with Crippen LogP contribution in [0.25, 0.3) is 0 Å². The van der Waals surface area contributed by atoms with E-state index in [1.165, 1.54) is 0 Å². The van der Waals surface area contributed by atoms with Crippen molar-refractivity contribution >= 4 is 15.9 Å². The topological polar surface area (TPSA) is 18.5 Å². The molecule has 0 atom stereocenters. The van der Waals surface area contributed by atoms with Gasteiger partial charge in [0.05, 0.1) is 18.7 Å². The van der Waals surface area contributed by atoms with E-state index in [1.807, 2.05) is 19.1 Å². The van der Waals surface area contributed by atoms with E-state index in [0.29, 0.717) is 0 Å². The summed E-state index contributed by atoms with van der Waals surface area (Å²) in [5.41, 5.74) is 1.05. The van der Waals surface area contributed by atoms with E-state index in [4.69, 9.17) is 9.47 Å². The number of rotatable bonds is 2. The maximum absolute atomic E-state index is 5.14. The molecule has 66 valence electrons. The summed E-state index contributed by atoms with van der Waals surface area (Å²) in [6.07, 6.45) is 0. The molecule has 0 N–H and O–H groups in total. The van der Waals surface area contributed by atoms with E-state index < -0.39 is 0 Å². The zero-order valence-electron chi connectivity index (χ0n) is 7.35. The third kappa shape index (κ3) is 1.55. The Kier molecular flexibility index (Phi) is 2.98.